The molecule has 0 aromatic heterocycles. The zero-order valence-electron chi connectivity index (χ0n) is 31.4. The molecule has 3 fully saturated rings. The number of guanidine groups is 1. The average molecular weight is 801 g/mol. The van der Waals surface area contributed by atoms with Gasteiger partial charge >= 0.3 is 41.8 Å². The number of aliphatic carboxylic acids is 7. The molecule has 24 heteroatoms. The van der Waals surface area contributed by atoms with Gasteiger partial charge in [0.2, 0.25) is 0 Å². The maximum absolute atomic E-state index is 10.2. The van der Waals surface area contributed by atoms with Crippen molar-refractivity contribution in [3.05, 3.63) is 0 Å². The summed E-state index contributed by atoms with van der Waals surface area (Å²) >= 11 is 0. The number of hydrogen-bond donors (Lipinski definition) is 17. The molecule has 0 aromatic rings. The Kier molecular flexibility index (Phi) is 37.6. The lowest BCUT2D eigenvalue weighted by molar-refractivity contribution is -0.140. The van der Waals surface area contributed by atoms with Gasteiger partial charge in [-0.05, 0) is 76.9 Å². The van der Waals surface area contributed by atoms with E-state index in [1.54, 1.807) is 0 Å². The minimum atomic E-state index is -1.00. The van der Waals surface area contributed by atoms with E-state index >= 15 is 0 Å². The van der Waals surface area contributed by atoms with Gasteiger partial charge in [-0.2, -0.15) is 0 Å². The Labute approximate surface area is 319 Å². The summed E-state index contributed by atoms with van der Waals surface area (Å²) in [6.45, 7) is 6.26. The fourth-order valence-electron chi connectivity index (χ4n) is 3.85. The molecule has 3 aliphatic heterocycles. The van der Waals surface area contributed by atoms with Gasteiger partial charge in [-0.3, -0.25) is 39.0 Å². The van der Waals surface area contributed by atoms with Crippen LogP contribution in [-0.2, 0) is 33.6 Å². The van der Waals surface area contributed by atoms with Gasteiger partial charge in [-0.15, -0.1) is 0 Å². The molecule has 0 bridgehead atoms. The van der Waals surface area contributed by atoms with E-state index in [2.05, 4.69) is 32.7 Å². The zero-order chi connectivity index (χ0) is 43.5. The highest BCUT2D eigenvalue weighted by Crippen LogP contribution is 2.05. The highest BCUT2D eigenvalue weighted by Gasteiger charge is 2.21. The van der Waals surface area contributed by atoms with Gasteiger partial charge in [0.05, 0.1) is 13.1 Å². The highest BCUT2D eigenvalue weighted by atomic mass is 16.4. The van der Waals surface area contributed by atoms with Gasteiger partial charge < -0.3 is 85.7 Å². The molecule has 3 saturated heterocycles. The Bertz CT molecular complexity index is 1040. The first-order valence-electron chi connectivity index (χ1n) is 17.4. The largest absolute Gasteiger partial charge is 0.480 e. The summed E-state index contributed by atoms with van der Waals surface area (Å²) in [6, 6.07) is -2.33. The van der Waals surface area contributed by atoms with Crippen LogP contribution >= 0.6 is 0 Å². The van der Waals surface area contributed by atoms with Crippen LogP contribution < -0.4 is 49.9 Å². The lowest BCUT2D eigenvalue weighted by Gasteiger charge is -2.11. The molecule has 0 amide bonds. The number of carboxylic acids is 7. The van der Waals surface area contributed by atoms with E-state index in [0.29, 0.717) is 19.4 Å². The molecular weight excluding hydrogens is 736 g/mol. The van der Waals surface area contributed by atoms with Crippen LogP contribution in [-0.4, -0.2) is 153 Å². The van der Waals surface area contributed by atoms with E-state index in [1.807, 2.05) is 13.8 Å². The molecule has 0 unspecified atom stereocenters. The van der Waals surface area contributed by atoms with Crippen molar-refractivity contribution >= 4 is 47.7 Å². The summed E-state index contributed by atoms with van der Waals surface area (Å²) in [6.07, 6.45) is 7.14. The quantitative estimate of drug-likeness (QED) is 0.0491. The van der Waals surface area contributed by atoms with Crippen LogP contribution in [0, 0.1) is 11.3 Å². The monoisotopic (exact) mass is 800 g/mol. The maximum atomic E-state index is 10.2. The molecule has 3 heterocycles. The van der Waals surface area contributed by atoms with Gasteiger partial charge in [0.1, 0.15) is 30.2 Å². The molecule has 0 saturated carbocycles. The van der Waals surface area contributed by atoms with Crippen LogP contribution in [0.15, 0.2) is 0 Å². The Balaban J connectivity index is -0.000000281. The zero-order valence-corrected chi connectivity index (χ0v) is 31.4. The van der Waals surface area contributed by atoms with Crippen LogP contribution in [0.3, 0.4) is 0 Å². The summed E-state index contributed by atoms with van der Waals surface area (Å²) < 4.78 is 0. The molecule has 6 atom stereocenters. The second-order valence-electron chi connectivity index (χ2n) is 11.8. The van der Waals surface area contributed by atoms with Crippen molar-refractivity contribution in [1.82, 2.24) is 21.3 Å². The molecule has 322 valence electrons. The first kappa shape index (κ1) is 57.0. The van der Waals surface area contributed by atoms with Crippen LogP contribution in [0.1, 0.15) is 71.6 Å². The number of nitrogens with one attached hydrogen (secondary N) is 5. The molecule has 0 aliphatic carbocycles. The number of hydrogen-bond acceptors (Lipinski definition) is 15. The molecule has 55 heavy (non-hydrogen) atoms. The Morgan fingerprint density at radius 2 is 1.02 bits per heavy atom. The van der Waals surface area contributed by atoms with Crippen LogP contribution in [0.5, 0.6) is 0 Å². The predicted octanol–water partition coefficient (Wildman–Crippen LogP) is -3.37. The van der Waals surface area contributed by atoms with Gasteiger partial charge in [0.25, 0.3) is 0 Å². The molecule has 0 spiro atoms. The van der Waals surface area contributed by atoms with Gasteiger partial charge in [0.15, 0.2) is 5.96 Å². The minimum Gasteiger partial charge on any atom is -0.480 e. The lowest BCUT2D eigenvalue weighted by atomic mass is 10.0. The van der Waals surface area contributed by atoms with Crippen LogP contribution in [0.2, 0.25) is 0 Å². The van der Waals surface area contributed by atoms with E-state index in [9.17, 15) is 33.6 Å². The Hall–Kier alpha value is -4.72. The first-order chi connectivity index (χ1) is 25.6. The summed E-state index contributed by atoms with van der Waals surface area (Å²) in [4.78, 5) is 69.3. The minimum absolute atomic E-state index is 0.0718. The standard InChI is InChI=1S/C6H14N4O2.C6H13NO2.3C5H9NO2.2C2H5NO2/c7-4(5(11)12)2-1-3-10-6(8)9;1-3-4(2)5(7)6(8)9;3*7-5(8)4-2-1-3-6-4;2*3-1-2(4)5/h4H,1-3,7H2,(H,11,12)(H4,8,9,10);4-5H,3,7H2,1-2H3,(H,8,9);3*4,6H,1-3H2,(H,7,8);2*1,3H2,(H,4,5)/t4-;4-,5-;3*4-;;/m00000../s1. The van der Waals surface area contributed by atoms with Crippen LogP contribution in [0.4, 0.5) is 0 Å². The average Bonchev–Trinajstić information content (AvgIpc) is 3.95. The van der Waals surface area contributed by atoms with Gasteiger partial charge in [-0.1, -0.05) is 20.3 Å². The molecule has 22 N–H and O–H groups in total. The Morgan fingerprint density at radius 1 is 0.691 bits per heavy atom. The fourth-order valence-corrected chi connectivity index (χ4v) is 3.85. The van der Waals surface area contributed by atoms with Crippen molar-refractivity contribution in [1.29, 1.82) is 5.41 Å². The van der Waals surface area contributed by atoms with Crippen molar-refractivity contribution in [3.8, 4) is 0 Å². The summed E-state index contributed by atoms with van der Waals surface area (Å²) in [5.41, 5.74) is 24.6. The van der Waals surface area contributed by atoms with E-state index < -0.39 is 53.9 Å². The Morgan fingerprint density at radius 3 is 1.16 bits per heavy atom. The van der Waals surface area contributed by atoms with Crippen molar-refractivity contribution in [3.63, 3.8) is 0 Å². The SMILES string of the molecule is CC[C@H](C)[C@H](N)C(=O)O.N=C(N)NCCC[C@H](N)C(=O)O.NCC(=O)O.NCC(=O)O.O=C(O)[C@@H]1CCCN1.O=C(O)[C@@H]1CCCN1.O=C(O)[C@@H]1CCCN1. The van der Waals surface area contributed by atoms with E-state index in [0.717, 1.165) is 64.6 Å². The summed E-state index contributed by atoms with van der Waals surface area (Å²) in [5, 5.41) is 74.9. The predicted molar refractivity (Wildman–Crippen MR) is 199 cm³/mol. The fraction of sp³-hybridized carbons (Fsp3) is 0.742. The second kappa shape index (κ2) is 36.3. The van der Waals surface area contributed by atoms with Crippen molar-refractivity contribution < 1.29 is 69.3 Å². The second-order valence-corrected chi connectivity index (χ2v) is 11.8. The van der Waals surface area contributed by atoms with Crippen molar-refractivity contribution in [2.24, 2.45) is 34.6 Å². The highest BCUT2D eigenvalue weighted by molar-refractivity contribution is 5.75. The number of nitrogens with two attached hydrogens (primary N) is 5. The topological polar surface area (TPSA) is 463 Å². The number of carbonyl (C=O) groups is 7. The first-order valence-corrected chi connectivity index (χ1v) is 17.4. The van der Waals surface area contributed by atoms with E-state index in [1.165, 1.54) is 0 Å². The van der Waals surface area contributed by atoms with Crippen molar-refractivity contribution in [2.45, 2.75) is 102 Å². The molecule has 3 aliphatic rings. The van der Waals surface area contributed by atoms with Crippen LogP contribution in [0.25, 0.3) is 0 Å². The molecule has 0 aromatic carbocycles. The van der Waals surface area contributed by atoms with E-state index in [-0.39, 0.29) is 43.1 Å². The third kappa shape index (κ3) is 38.8. The number of carboxylic acid groups (broad SMARTS) is 7. The normalized spacial score (nSPS) is 19.1. The molecule has 24 nitrogen and oxygen atoms in total. The third-order valence-corrected chi connectivity index (χ3v) is 7.29. The smallest absolute Gasteiger partial charge is 0.320 e. The van der Waals surface area contributed by atoms with Gasteiger partial charge in [0, 0.05) is 6.54 Å². The lowest BCUT2D eigenvalue weighted by Crippen LogP contribution is -2.36. The molecule has 0 radical (unpaired) electrons. The van der Waals surface area contributed by atoms with Crippen molar-refractivity contribution in [2.75, 3.05) is 39.3 Å². The third-order valence-electron chi connectivity index (χ3n) is 7.29. The van der Waals surface area contributed by atoms with E-state index in [4.69, 9.17) is 58.4 Å². The van der Waals surface area contributed by atoms with Gasteiger partial charge in [-0.25, -0.2) is 0 Å². The summed E-state index contributed by atoms with van der Waals surface area (Å²) in [5.74, 6) is -6.05. The molecular formula is C31H64N10O14. The summed E-state index contributed by atoms with van der Waals surface area (Å²) in [7, 11) is 0. The maximum Gasteiger partial charge on any atom is 0.320 e. The number of rotatable bonds is 13. The molecule has 3 rings (SSSR count).